The van der Waals surface area contributed by atoms with Gasteiger partial charge in [-0.15, -0.1) is 0 Å². The van der Waals surface area contributed by atoms with Crippen molar-refractivity contribution in [3.8, 4) is 5.75 Å². The normalized spacial score (nSPS) is 16.9. The number of amides is 1. The first-order valence-corrected chi connectivity index (χ1v) is 7.61. The molecule has 1 atom stereocenters. The van der Waals surface area contributed by atoms with E-state index in [1.54, 1.807) is 24.2 Å². The first kappa shape index (κ1) is 14.6. The molecular formula is C17H21N3O2. The van der Waals surface area contributed by atoms with E-state index in [0.717, 1.165) is 25.0 Å². The third kappa shape index (κ3) is 2.98. The number of carbonyl (C=O) groups is 1. The maximum atomic E-state index is 12.1. The highest BCUT2D eigenvalue weighted by atomic mass is 16.5. The second kappa shape index (κ2) is 6.22. The van der Waals surface area contributed by atoms with Crippen LogP contribution in [-0.4, -0.2) is 29.3 Å². The average molecular weight is 299 g/mol. The van der Waals surface area contributed by atoms with Gasteiger partial charge in [-0.2, -0.15) is 5.10 Å². The van der Waals surface area contributed by atoms with Gasteiger partial charge in [0.05, 0.1) is 18.9 Å². The Bertz CT molecular complexity index is 678. The lowest BCUT2D eigenvalue weighted by Gasteiger charge is -2.26. The molecule has 22 heavy (non-hydrogen) atoms. The molecule has 1 aliphatic carbocycles. The molecule has 5 nitrogen and oxygen atoms in total. The van der Waals surface area contributed by atoms with Gasteiger partial charge < -0.3 is 10.1 Å². The minimum atomic E-state index is -0.0614. The zero-order chi connectivity index (χ0) is 15.5. The molecule has 0 aliphatic heterocycles. The second-order valence-corrected chi connectivity index (χ2v) is 5.77. The summed E-state index contributed by atoms with van der Waals surface area (Å²) >= 11 is 0. The predicted molar refractivity (Wildman–Crippen MR) is 84.2 cm³/mol. The SMILES string of the molecule is COc1ccc2c(c1)CCCC2CNC(=O)c1cnn(C)c1. The smallest absolute Gasteiger partial charge is 0.254 e. The van der Waals surface area contributed by atoms with Gasteiger partial charge in [0.15, 0.2) is 0 Å². The van der Waals surface area contributed by atoms with E-state index in [1.165, 1.54) is 11.1 Å². The molecule has 1 aromatic heterocycles. The largest absolute Gasteiger partial charge is 0.497 e. The second-order valence-electron chi connectivity index (χ2n) is 5.77. The van der Waals surface area contributed by atoms with Crippen molar-refractivity contribution in [2.24, 2.45) is 7.05 Å². The molecule has 116 valence electrons. The Labute approximate surface area is 130 Å². The van der Waals surface area contributed by atoms with Crippen LogP contribution in [0.2, 0.25) is 0 Å². The zero-order valence-corrected chi connectivity index (χ0v) is 13.0. The van der Waals surface area contributed by atoms with E-state index in [0.29, 0.717) is 18.0 Å². The zero-order valence-electron chi connectivity index (χ0n) is 13.0. The van der Waals surface area contributed by atoms with Crippen molar-refractivity contribution in [1.29, 1.82) is 0 Å². The standard InChI is InChI=1S/C17H21N3O2/c1-20-11-14(10-19-20)17(21)18-9-13-5-3-4-12-8-15(22-2)6-7-16(12)13/h6-8,10-11,13H,3-5,9H2,1-2H3,(H,18,21). The molecule has 0 spiro atoms. The molecule has 1 heterocycles. The lowest BCUT2D eigenvalue weighted by molar-refractivity contribution is 0.0950. The fourth-order valence-electron chi connectivity index (χ4n) is 3.09. The Morgan fingerprint density at radius 3 is 3.09 bits per heavy atom. The van der Waals surface area contributed by atoms with Gasteiger partial charge in [-0.25, -0.2) is 0 Å². The molecule has 0 radical (unpaired) electrons. The van der Waals surface area contributed by atoms with Crippen molar-refractivity contribution in [3.63, 3.8) is 0 Å². The van der Waals surface area contributed by atoms with Crippen LogP contribution in [0.4, 0.5) is 0 Å². The molecule has 1 amide bonds. The van der Waals surface area contributed by atoms with Crippen LogP contribution in [0.25, 0.3) is 0 Å². The van der Waals surface area contributed by atoms with Crippen molar-refractivity contribution in [2.75, 3.05) is 13.7 Å². The first-order chi connectivity index (χ1) is 10.7. The van der Waals surface area contributed by atoms with E-state index in [1.807, 2.05) is 13.1 Å². The maximum Gasteiger partial charge on any atom is 0.254 e. The van der Waals surface area contributed by atoms with Gasteiger partial charge in [0, 0.05) is 25.7 Å². The summed E-state index contributed by atoms with van der Waals surface area (Å²) in [5.74, 6) is 1.21. The maximum absolute atomic E-state index is 12.1. The fraction of sp³-hybridized carbons (Fsp3) is 0.412. The molecule has 0 fully saturated rings. The van der Waals surface area contributed by atoms with Gasteiger partial charge in [0.2, 0.25) is 0 Å². The van der Waals surface area contributed by atoms with Gasteiger partial charge in [-0.1, -0.05) is 6.07 Å². The molecule has 0 saturated heterocycles. The Hall–Kier alpha value is -2.30. The van der Waals surface area contributed by atoms with E-state index in [-0.39, 0.29) is 5.91 Å². The molecule has 0 saturated carbocycles. The van der Waals surface area contributed by atoms with Gasteiger partial charge in [-0.3, -0.25) is 9.48 Å². The number of nitrogens with zero attached hydrogens (tertiary/aromatic N) is 2. The van der Waals surface area contributed by atoms with E-state index in [9.17, 15) is 4.79 Å². The highest BCUT2D eigenvalue weighted by molar-refractivity contribution is 5.93. The average Bonchev–Trinajstić information content (AvgIpc) is 2.98. The summed E-state index contributed by atoms with van der Waals surface area (Å²) in [5.41, 5.74) is 3.28. The summed E-state index contributed by atoms with van der Waals surface area (Å²) in [6.45, 7) is 0.660. The van der Waals surface area contributed by atoms with Crippen LogP contribution in [-0.2, 0) is 13.5 Å². The molecule has 1 aliphatic rings. The third-order valence-corrected chi connectivity index (χ3v) is 4.26. The minimum Gasteiger partial charge on any atom is -0.497 e. The number of fused-ring (bicyclic) bond motifs is 1. The van der Waals surface area contributed by atoms with Crippen molar-refractivity contribution in [1.82, 2.24) is 15.1 Å². The molecule has 1 aromatic carbocycles. The molecule has 1 unspecified atom stereocenters. The number of ether oxygens (including phenoxy) is 1. The number of aromatic nitrogens is 2. The molecule has 0 bridgehead atoms. The van der Waals surface area contributed by atoms with Crippen LogP contribution >= 0.6 is 0 Å². The van der Waals surface area contributed by atoms with Gasteiger partial charge in [0.1, 0.15) is 5.75 Å². The number of aryl methyl sites for hydroxylation is 2. The predicted octanol–water partition coefficient (Wildman–Crippen LogP) is 2.28. The first-order valence-electron chi connectivity index (χ1n) is 7.61. The van der Waals surface area contributed by atoms with Crippen molar-refractivity contribution in [2.45, 2.75) is 25.2 Å². The number of hydrogen-bond donors (Lipinski definition) is 1. The summed E-state index contributed by atoms with van der Waals surface area (Å²) in [4.78, 5) is 12.1. The highest BCUT2D eigenvalue weighted by Gasteiger charge is 2.21. The Morgan fingerprint density at radius 1 is 1.50 bits per heavy atom. The van der Waals surface area contributed by atoms with Crippen LogP contribution in [0.1, 0.15) is 40.2 Å². The van der Waals surface area contributed by atoms with Gasteiger partial charge in [-0.05, 0) is 42.5 Å². The Morgan fingerprint density at radius 2 is 2.36 bits per heavy atom. The van der Waals surface area contributed by atoms with Crippen molar-refractivity contribution >= 4 is 5.91 Å². The lowest BCUT2D eigenvalue weighted by Crippen LogP contribution is -2.29. The number of rotatable bonds is 4. The summed E-state index contributed by atoms with van der Waals surface area (Å²) in [6.07, 6.45) is 6.66. The quantitative estimate of drug-likeness (QED) is 0.942. The van der Waals surface area contributed by atoms with E-state index >= 15 is 0 Å². The van der Waals surface area contributed by atoms with Crippen LogP contribution in [0.15, 0.2) is 30.6 Å². The van der Waals surface area contributed by atoms with Gasteiger partial charge >= 0.3 is 0 Å². The van der Waals surface area contributed by atoms with E-state index in [4.69, 9.17) is 4.74 Å². The summed E-state index contributed by atoms with van der Waals surface area (Å²) in [6, 6.07) is 6.25. The van der Waals surface area contributed by atoms with E-state index < -0.39 is 0 Å². The Kier molecular flexibility index (Phi) is 4.13. The highest BCUT2D eigenvalue weighted by Crippen LogP contribution is 2.33. The molecule has 3 rings (SSSR count). The lowest BCUT2D eigenvalue weighted by atomic mass is 9.82. The Balaban J connectivity index is 1.68. The minimum absolute atomic E-state index is 0.0614. The summed E-state index contributed by atoms with van der Waals surface area (Å²) in [7, 11) is 3.50. The molecule has 5 heteroatoms. The number of benzene rings is 1. The van der Waals surface area contributed by atoms with Gasteiger partial charge in [0.25, 0.3) is 5.91 Å². The number of nitrogens with one attached hydrogen (secondary N) is 1. The summed E-state index contributed by atoms with van der Waals surface area (Å²) in [5, 5.41) is 7.06. The van der Waals surface area contributed by atoms with Crippen LogP contribution < -0.4 is 10.1 Å². The van der Waals surface area contributed by atoms with Crippen molar-refractivity contribution < 1.29 is 9.53 Å². The van der Waals surface area contributed by atoms with Crippen LogP contribution in [0.5, 0.6) is 5.75 Å². The summed E-state index contributed by atoms with van der Waals surface area (Å²) < 4.78 is 6.93. The van der Waals surface area contributed by atoms with E-state index in [2.05, 4.69) is 22.5 Å². The number of hydrogen-bond acceptors (Lipinski definition) is 3. The molecule has 1 N–H and O–H groups in total. The van der Waals surface area contributed by atoms with Crippen LogP contribution in [0.3, 0.4) is 0 Å². The number of carbonyl (C=O) groups excluding carboxylic acids is 1. The van der Waals surface area contributed by atoms with Crippen LogP contribution in [0, 0.1) is 0 Å². The topological polar surface area (TPSA) is 56.1 Å². The third-order valence-electron chi connectivity index (χ3n) is 4.26. The number of methoxy groups -OCH3 is 1. The fourth-order valence-corrected chi connectivity index (χ4v) is 3.09. The van der Waals surface area contributed by atoms with Crippen molar-refractivity contribution in [3.05, 3.63) is 47.3 Å². The molecular weight excluding hydrogens is 278 g/mol. The molecule has 2 aromatic rings. The monoisotopic (exact) mass is 299 g/mol.